The third-order valence-corrected chi connectivity index (χ3v) is 5.62. The van der Waals surface area contributed by atoms with Crippen LogP contribution < -0.4 is 5.32 Å². The van der Waals surface area contributed by atoms with Gasteiger partial charge in [-0.25, -0.2) is 0 Å². The molecule has 2 aliphatic rings. The van der Waals surface area contributed by atoms with Crippen LogP contribution in [0.5, 0.6) is 0 Å². The molecule has 0 aliphatic carbocycles. The van der Waals surface area contributed by atoms with Gasteiger partial charge in [0.2, 0.25) is 0 Å². The number of nitrogens with one attached hydrogen (secondary N) is 1. The van der Waals surface area contributed by atoms with Crippen LogP contribution in [-0.4, -0.2) is 113 Å². The molecule has 2 saturated heterocycles. The minimum absolute atomic E-state index is 0. The van der Waals surface area contributed by atoms with Crippen LogP contribution >= 0.6 is 24.0 Å². The number of likely N-dealkylation sites (tertiary alicyclic amines) is 1. The molecule has 0 aromatic carbocycles. The van der Waals surface area contributed by atoms with Gasteiger partial charge in [0, 0.05) is 71.9 Å². The molecule has 0 aromatic heterocycles. The van der Waals surface area contributed by atoms with Crippen molar-refractivity contribution >= 4 is 29.9 Å². The van der Waals surface area contributed by atoms with E-state index >= 15 is 0 Å². The zero-order valence-corrected chi connectivity index (χ0v) is 20.0. The van der Waals surface area contributed by atoms with Crippen LogP contribution in [0, 0.1) is 5.92 Å². The Morgan fingerprint density at radius 3 is 2.56 bits per heavy atom. The first-order valence-electron chi connectivity index (χ1n) is 10.2. The van der Waals surface area contributed by atoms with Crippen LogP contribution in [0.15, 0.2) is 4.99 Å². The zero-order valence-electron chi connectivity index (χ0n) is 17.7. The van der Waals surface area contributed by atoms with Crippen LogP contribution in [0.2, 0.25) is 0 Å². The maximum Gasteiger partial charge on any atom is 0.193 e. The molecule has 0 bridgehead atoms. The average Bonchev–Trinajstić information content (AvgIpc) is 3.14. The monoisotopic (exact) mass is 497 g/mol. The second kappa shape index (κ2) is 13.9. The number of piperazine rings is 1. The minimum atomic E-state index is 0. The van der Waals surface area contributed by atoms with Crippen molar-refractivity contribution in [2.75, 3.05) is 86.3 Å². The molecule has 8 heteroatoms. The summed E-state index contributed by atoms with van der Waals surface area (Å²) >= 11 is 0. The minimum Gasteiger partial charge on any atom is -0.382 e. The van der Waals surface area contributed by atoms with Gasteiger partial charge in [0.25, 0.3) is 0 Å². The van der Waals surface area contributed by atoms with Crippen LogP contribution in [0.1, 0.15) is 20.3 Å². The van der Waals surface area contributed by atoms with Gasteiger partial charge >= 0.3 is 0 Å². The van der Waals surface area contributed by atoms with Crippen molar-refractivity contribution in [2.24, 2.45) is 10.9 Å². The number of rotatable bonds is 9. The number of hydrogen-bond donors (Lipinski definition) is 1. The molecule has 0 radical (unpaired) electrons. The summed E-state index contributed by atoms with van der Waals surface area (Å²) in [5.74, 6) is 1.62. The van der Waals surface area contributed by atoms with E-state index in [4.69, 9.17) is 9.47 Å². The van der Waals surface area contributed by atoms with E-state index in [0.717, 1.165) is 32.2 Å². The van der Waals surface area contributed by atoms with E-state index < -0.39 is 0 Å². The molecule has 2 rings (SSSR count). The summed E-state index contributed by atoms with van der Waals surface area (Å²) in [6.45, 7) is 15.6. The molecule has 7 nitrogen and oxygen atoms in total. The molecule has 0 aromatic rings. The number of methoxy groups -OCH3 is 1. The van der Waals surface area contributed by atoms with Gasteiger partial charge in [0.05, 0.1) is 19.8 Å². The van der Waals surface area contributed by atoms with Crippen LogP contribution in [0.4, 0.5) is 0 Å². The lowest BCUT2D eigenvalue weighted by atomic mass is 10.1. The Bertz CT molecular complexity index is 419. The number of ether oxygens (including phenoxy) is 2. The Labute approximate surface area is 182 Å². The van der Waals surface area contributed by atoms with Gasteiger partial charge in [-0.1, -0.05) is 6.92 Å². The summed E-state index contributed by atoms with van der Waals surface area (Å²) in [4.78, 5) is 12.0. The summed E-state index contributed by atoms with van der Waals surface area (Å²) in [5.41, 5.74) is 0. The fourth-order valence-corrected chi connectivity index (χ4v) is 3.77. The second-order valence-electron chi connectivity index (χ2n) is 7.42. The van der Waals surface area contributed by atoms with Crippen molar-refractivity contribution in [1.82, 2.24) is 20.0 Å². The van der Waals surface area contributed by atoms with Crippen LogP contribution in [0.25, 0.3) is 0 Å². The number of nitrogens with zero attached hydrogens (tertiary/aromatic N) is 4. The topological polar surface area (TPSA) is 52.6 Å². The van der Waals surface area contributed by atoms with Crippen molar-refractivity contribution < 1.29 is 9.47 Å². The smallest absolute Gasteiger partial charge is 0.193 e. The number of hydrogen-bond acceptors (Lipinski definition) is 5. The number of likely N-dealkylation sites (N-methyl/N-ethyl adjacent to an activating group) is 1. The lowest BCUT2D eigenvalue weighted by Crippen LogP contribution is -2.53. The fraction of sp³-hybridized carbons (Fsp3) is 0.947. The molecule has 160 valence electrons. The lowest BCUT2D eigenvalue weighted by Gasteiger charge is -2.38. The molecule has 2 atom stereocenters. The van der Waals surface area contributed by atoms with E-state index in [9.17, 15) is 0 Å². The Morgan fingerprint density at radius 1 is 1.19 bits per heavy atom. The Hall–Kier alpha value is -0.160. The second-order valence-corrected chi connectivity index (χ2v) is 7.42. The van der Waals surface area contributed by atoms with Crippen molar-refractivity contribution in [3.8, 4) is 0 Å². The normalized spacial score (nSPS) is 23.3. The molecule has 0 amide bonds. The van der Waals surface area contributed by atoms with E-state index in [0.29, 0.717) is 25.2 Å². The summed E-state index contributed by atoms with van der Waals surface area (Å²) in [7, 11) is 3.59. The first-order chi connectivity index (χ1) is 12.7. The Balaban J connectivity index is 0.00000364. The Morgan fingerprint density at radius 2 is 1.93 bits per heavy atom. The van der Waals surface area contributed by atoms with Crippen LogP contribution in [-0.2, 0) is 9.47 Å². The van der Waals surface area contributed by atoms with Gasteiger partial charge in [-0.2, -0.15) is 0 Å². The van der Waals surface area contributed by atoms with Gasteiger partial charge in [-0.15, -0.1) is 24.0 Å². The molecule has 2 unspecified atom stereocenters. The van der Waals surface area contributed by atoms with E-state index in [1.165, 1.54) is 39.1 Å². The van der Waals surface area contributed by atoms with Gasteiger partial charge in [-0.3, -0.25) is 9.89 Å². The summed E-state index contributed by atoms with van der Waals surface area (Å²) in [6.07, 6.45) is 1.17. The van der Waals surface area contributed by atoms with Gasteiger partial charge in [0.15, 0.2) is 5.96 Å². The molecule has 0 spiro atoms. The maximum absolute atomic E-state index is 5.69. The quantitative estimate of drug-likeness (QED) is 0.224. The van der Waals surface area contributed by atoms with Gasteiger partial charge in [0.1, 0.15) is 0 Å². The highest BCUT2D eigenvalue weighted by Crippen LogP contribution is 2.16. The SMILES string of the molecule is CCN1CCN(C(C)CNC(=NC)N2CCC(COCCOC)C2)CC1.I. The maximum atomic E-state index is 5.69. The third-order valence-electron chi connectivity index (χ3n) is 5.62. The number of aliphatic imine (C=N–C) groups is 1. The van der Waals surface area contributed by atoms with E-state index in [1.54, 1.807) is 7.11 Å². The first-order valence-corrected chi connectivity index (χ1v) is 10.2. The first kappa shape index (κ1) is 24.9. The molecular formula is C19H40IN5O2. The van der Waals surface area contributed by atoms with Crippen LogP contribution in [0.3, 0.4) is 0 Å². The Kier molecular flexibility index (Phi) is 12.8. The van der Waals surface area contributed by atoms with Crippen molar-refractivity contribution in [2.45, 2.75) is 26.3 Å². The van der Waals surface area contributed by atoms with E-state index in [1.807, 2.05) is 7.05 Å². The molecule has 2 heterocycles. The van der Waals surface area contributed by atoms with Gasteiger partial charge in [-0.05, 0) is 19.9 Å². The van der Waals surface area contributed by atoms with Crippen molar-refractivity contribution in [3.63, 3.8) is 0 Å². The highest BCUT2D eigenvalue weighted by atomic mass is 127. The molecule has 0 saturated carbocycles. The van der Waals surface area contributed by atoms with E-state index in [2.05, 4.69) is 38.9 Å². The predicted octanol–water partition coefficient (Wildman–Crippen LogP) is 1.19. The summed E-state index contributed by atoms with van der Waals surface area (Å²) in [5, 5.41) is 3.59. The summed E-state index contributed by atoms with van der Waals surface area (Å²) < 4.78 is 10.7. The highest BCUT2D eigenvalue weighted by molar-refractivity contribution is 14.0. The number of halogens is 1. The predicted molar refractivity (Wildman–Crippen MR) is 122 cm³/mol. The summed E-state index contributed by atoms with van der Waals surface area (Å²) in [6, 6.07) is 0.529. The average molecular weight is 497 g/mol. The molecule has 27 heavy (non-hydrogen) atoms. The lowest BCUT2D eigenvalue weighted by molar-refractivity contribution is 0.0536. The standard InChI is InChI=1S/C19H39N5O2.HI/c1-5-22-8-10-23(11-9-22)17(2)14-21-19(20-3)24-7-6-18(15-24)16-26-13-12-25-4;/h17-18H,5-16H2,1-4H3,(H,20,21);1H. The van der Waals surface area contributed by atoms with Crippen molar-refractivity contribution in [1.29, 1.82) is 0 Å². The highest BCUT2D eigenvalue weighted by Gasteiger charge is 2.26. The number of guanidine groups is 1. The van der Waals surface area contributed by atoms with E-state index in [-0.39, 0.29) is 24.0 Å². The third kappa shape index (κ3) is 8.39. The molecule has 1 N–H and O–H groups in total. The zero-order chi connectivity index (χ0) is 18.8. The molecule has 2 aliphatic heterocycles. The fourth-order valence-electron chi connectivity index (χ4n) is 3.77. The molecule has 2 fully saturated rings. The largest absolute Gasteiger partial charge is 0.382 e. The molecular weight excluding hydrogens is 457 g/mol. The van der Waals surface area contributed by atoms with Gasteiger partial charge < -0.3 is 24.6 Å². The van der Waals surface area contributed by atoms with Crippen molar-refractivity contribution in [3.05, 3.63) is 0 Å².